The first-order valence-electron chi connectivity index (χ1n) is 6.86. The number of amides is 1. The summed E-state index contributed by atoms with van der Waals surface area (Å²) in [5, 5.41) is 0. The topological polar surface area (TPSA) is 42.0 Å². The molecule has 0 radical (unpaired) electrons. The number of likely N-dealkylation sites (tertiary alicyclic amines) is 1. The van der Waals surface area contributed by atoms with E-state index in [1.165, 1.54) is 12.8 Å². The van der Waals surface area contributed by atoms with E-state index in [-0.39, 0.29) is 5.91 Å². The Kier molecular flexibility index (Phi) is 5.41. The Bertz CT molecular complexity index is 265. The lowest BCUT2D eigenvalue weighted by molar-refractivity contribution is -0.137. The van der Waals surface area contributed by atoms with Gasteiger partial charge in [0.05, 0.1) is 26.4 Å². The number of carbonyl (C=O) groups excluding carboxylic acids is 1. The van der Waals surface area contributed by atoms with E-state index in [9.17, 15) is 4.79 Å². The summed E-state index contributed by atoms with van der Waals surface area (Å²) in [7, 11) is 1.75. The summed E-state index contributed by atoms with van der Waals surface area (Å²) in [4.78, 5) is 16.3. The van der Waals surface area contributed by atoms with Gasteiger partial charge in [-0.3, -0.25) is 9.69 Å². The Morgan fingerprint density at radius 2 is 2.11 bits per heavy atom. The molecule has 2 rings (SSSR count). The van der Waals surface area contributed by atoms with Crippen molar-refractivity contribution in [3.63, 3.8) is 0 Å². The van der Waals surface area contributed by atoms with Gasteiger partial charge in [0, 0.05) is 26.7 Å². The normalized spacial score (nSPS) is 26.3. The molecule has 0 aromatic heterocycles. The number of methoxy groups -OCH3 is 1. The van der Waals surface area contributed by atoms with Gasteiger partial charge in [-0.15, -0.1) is 0 Å². The third-order valence-electron chi connectivity index (χ3n) is 3.73. The summed E-state index contributed by atoms with van der Waals surface area (Å²) in [5.74, 6) is 0.831. The van der Waals surface area contributed by atoms with Crippen molar-refractivity contribution in [2.75, 3.05) is 59.7 Å². The third kappa shape index (κ3) is 3.93. The van der Waals surface area contributed by atoms with Crippen molar-refractivity contribution in [3.05, 3.63) is 0 Å². The van der Waals surface area contributed by atoms with E-state index in [1.807, 2.05) is 4.90 Å². The Labute approximate surface area is 109 Å². The predicted octanol–water partition coefficient (Wildman–Crippen LogP) is 0.204. The van der Waals surface area contributed by atoms with Crippen molar-refractivity contribution in [2.24, 2.45) is 5.92 Å². The monoisotopic (exact) mass is 256 g/mol. The van der Waals surface area contributed by atoms with Crippen molar-refractivity contribution in [1.82, 2.24) is 9.80 Å². The Balaban J connectivity index is 1.75. The van der Waals surface area contributed by atoms with Gasteiger partial charge in [0.15, 0.2) is 0 Å². The van der Waals surface area contributed by atoms with E-state index in [0.717, 1.165) is 32.8 Å². The molecule has 2 fully saturated rings. The average Bonchev–Trinajstić information content (AvgIpc) is 2.40. The zero-order valence-electron chi connectivity index (χ0n) is 11.3. The minimum absolute atomic E-state index is 0.247. The van der Waals surface area contributed by atoms with Crippen LogP contribution in [0.2, 0.25) is 0 Å². The fourth-order valence-electron chi connectivity index (χ4n) is 2.77. The Hall–Kier alpha value is -0.650. The first kappa shape index (κ1) is 13.8. The number of morpholine rings is 1. The number of carbonyl (C=O) groups is 1. The smallest absolute Gasteiger partial charge is 0.236 e. The second kappa shape index (κ2) is 7.07. The van der Waals surface area contributed by atoms with Crippen LogP contribution in [0.25, 0.3) is 0 Å². The number of hydrogen-bond acceptors (Lipinski definition) is 4. The van der Waals surface area contributed by atoms with E-state index in [2.05, 4.69) is 4.90 Å². The molecule has 5 heteroatoms. The van der Waals surface area contributed by atoms with Gasteiger partial charge in [-0.25, -0.2) is 0 Å². The maximum atomic E-state index is 12.1. The molecule has 2 saturated heterocycles. The predicted molar refractivity (Wildman–Crippen MR) is 68.4 cm³/mol. The van der Waals surface area contributed by atoms with Crippen molar-refractivity contribution in [2.45, 2.75) is 12.8 Å². The van der Waals surface area contributed by atoms with Crippen LogP contribution in [0.5, 0.6) is 0 Å². The molecule has 2 aliphatic heterocycles. The van der Waals surface area contributed by atoms with Crippen LogP contribution < -0.4 is 0 Å². The molecule has 2 heterocycles. The highest BCUT2D eigenvalue weighted by atomic mass is 16.5. The molecule has 2 aliphatic rings. The van der Waals surface area contributed by atoms with Gasteiger partial charge in [-0.2, -0.15) is 0 Å². The summed E-state index contributed by atoms with van der Waals surface area (Å²) >= 11 is 0. The Morgan fingerprint density at radius 1 is 1.33 bits per heavy atom. The van der Waals surface area contributed by atoms with Gasteiger partial charge < -0.3 is 14.4 Å². The number of hydrogen-bond donors (Lipinski definition) is 0. The lowest BCUT2D eigenvalue weighted by Gasteiger charge is -2.34. The van der Waals surface area contributed by atoms with Crippen LogP contribution in [-0.2, 0) is 14.3 Å². The molecule has 0 bridgehead atoms. The highest BCUT2D eigenvalue weighted by Crippen LogP contribution is 2.16. The summed E-state index contributed by atoms with van der Waals surface area (Å²) in [6, 6.07) is 0. The fraction of sp³-hybridized carbons (Fsp3) is 0.923. The fourth-order valence-corrected chi connectivity index (χ4v) is 2.77. The molecule has 104 valence electrons. The van der Waals surface area contributed by atoms with Crippen molar-refractivity contribution in [1.29, 1.82) is 0 Å². The second-order valence-corrected chi connectivity index (χ2v) is 5.19. The van der Waals surface area contributed by atoms with E-state index >= 15 is 0 Å². The molecule has 5 nitrogen and oxygen atoms in total. The van der Waals surface area contributed by atoms with Crippen molar-refractivity contribution < 1.29 is 14.3 Å². The highest BCUT2D eigenvalue weighted by Gasteiger charge is 2.24. The molecular weight excluding hydrogens is 232 g/mol. The number of nitrogens with zero attached hydrogens (tertiary/aromatic N) is 2. The van der Waals surface area contributed by atoms with Crippen LogP contribution in [0.3, 0.4) is 0 Å². The molecule has 0 aromatic rings. The van der Waals surface area contributed by atoms with Crippen LogP contribution in [0, 0.1) is 5.92 Å². The quantitative estimate of drug-likeness (QED) is 0.721. The number of piperidine rings is 1. The van der Waals surface area contributed by atoms with Crippen molar-refractivity contribution >= 4 is 5.91 Å². The maximum Gasteiger partial charge on any atom is 0.236 e. The van der Waals surface area contributed by atoms with Gasteiger partial charge >= 0.3 is 0 Å². The van der Waals surface area contributed by atoms with Crippen molar-refractivity contribution in [3.8, 4) is 0 Å². The standard InChI is InChI=1S/C13H24N2O3/c1-17-11-12-3-2-4-14(9-12)10-13(16)15-5-7-18-8-6-15/h12H,2-11H2,1H3/t12-/m1/s1. The number of rotatable bonds is 4. The van der Waals surface area contributed by atoms with Crippen LogP contribution in [0.4, 0.5) is 0 Å². The molecule has 0 aliphatic carbocycles. The zero-order valence-corrected chi connectivity index (χ0v) is 11.3. The lowest BCUT2D eigenvalue weighted by Crippen LogP contribution is -2.48. The van der Waals surface area contributed by atoms with Gasteiger partial charge in [-0.1, -0.05) is 0 Å². The molecule has 0 saturated carbocycles. The molecule has 0 N–H and O–H groups in total. The molecular formula is C13H24N2O3. The molecule has 1 atom stereocenters. The van der Waals surface area contributed by atoms with Gasteiger partial charge in [0.1, 0.15) is 0 Å². The largest absolute Gasteiger partial charge is 0.384 e. The molecule has 1 amide bonds. The van der Waals surface area contributed by atoms with Gasteiger partial charge in [-0.05, 0) is 25.3 Å². The molecule has 18 heavy (non-hydrogen) atoms. The first-order valence-corrected chi connectivity index (χ1v) is 6.86. The van der Waals surface area contributed by atoms with Gasteiger partial charge in [0.25, 0.3) is 0 Å². The van der Waals surface area contributed by atoms with E-state index in [1.54, 1.807) is 7.11 Å². The number of ether oxygens (including phenoxy) is 2. The van der Waals surface area contributed by atoms with Crippen LogP contribution in [-0.4, -0.2) is 75.4 Å². The van der Waals surface area contributed by atoms with Gasteiger partial charge in [0.2, 0.25) is 5.91 Å². The molecule has 0 aromatic carbocycles. The third-order valence-corrected chi connectivity index (χ3v) is 3.73. The van der Waals surface area contributed by atoms with E-state index in [0.29, 0.717) is 25.7 Å². The summed E-state index contributed by atoms with van der Waals surface area (Å²) < 4.78 is 10.5. The SMILES string of the molecule is COC[C@@H]1CCCN(CC(=O)N2CCOCC2)C1. The zero-order chi connectivity index (χ0) is 12.8. The maximum absolute atomic E-state index is 12.1. The Morgan fingerprint density at radius 3 is 2.83 bits per heavy atom. The van der Waals surface area contributed by atoms with Crippen LogP contribution in [0.15, 0.2) is 0 Å². The first-order chi connectivity index (χ1) is 8.79. The van der Waals surface area contributed by atoms with Crippen LogP contribution >= 0.6 is 0 Å². The summed E-state index contributed by atoms with van der Waals surface area (Å²) in [6.45, 7) is 6.24. The molecule has 0 spiro atoms. The van der Waals surface area contributed by atoms with Crippen LogP contribution in [0.1, 0.15) is 12.8 Å². The minimum atomic E-state index is 0.247. The second-order valence-electron chi connectivity index (χ2n) is 5.19. The highest BCUT2D eigenvalue weighted by molar-refractivity contribution is 5.78. The average molecular weight is 256 g/mol. The van der Waals surface area contributed by atoms with E-state index in [4.69, 9.17) is 9.47 Å². The summed E-state index contributed by atoms with van der Waals surface area (Å²) in [5.41, 5.74) is 0. The van der Waals surface area contributed by atoms with E-state index < -0.39 is 0 Å². The summed E-state index contributed by atoms with van der Waals surface area (Å²) in [6.07, 6.45) is 2.39. The molecule has 0 unspecified atom stereocenters. The minimum Gasteiger partial charge on any atom is -0.384 e. The lowest BCUT2D eigenvalue weighted by atomic mass is 9.99.